The number of phosphoric acid groups is 1. The summed E-state index contributed by atoms with van der Waals surface area (Å²) in [5.41, 5.74) is 0. The predicted molar refractivity (Wildman–Crippen MR) is 238 cm³/mol. The molecule has 0 saturated heterocycles. The van der Waals surface area contributed by atoms with Gasteiger partial charge in [-0.15, -0.1) is 0 Å². The van der Waals surface area contributed by atoms with Crippen LogP contribution in [0.2, 0.25) is 0 Å². The molecular weight excluding hydrogens is 737 g/mol. The third-order valence-electron chi connectivity index (χ3n) is 9.31. The summed E-state index contributed by atoms with van der Waals surface area (Å²) in [6.07, 6.45) is 46.9. The molecule has 57 heavy (non-hydrogen) atoms. The van der Waals surface area contributed by atoms with Crippen molar-refractivity contribution >= 4 is 19.8 Å². The van der Waals surface area contributed by atoms with Crippen molar-refractivity contribution in [3.63, 3.8) is 0 Å². The van der Waals surface area contributed by atoms with Crippen LogP contribution >= 0.6 is 7.82 Å². The molecule has 0 aliphatic heterocycles. The number of hydrogen-bond acceptors (Lipinski definition) is 7. The number of hydrogen-bond donors (Lipinski definition) is 1. The van der Waals surface area contributed by atoms with Crippen LogP contribution in [0.4, 0.5) is 0 Å². The third kappa shape index (κ3) is 43.1. The first-order valence-electron chi connectivity index (χ1n) is 22.5. The van der Waals surface area contributed by atoms with Crippen molar-refractivity contribution in [2.24, 2.45) is 0 Å². The molecule has 1 unspecified atom stereocenters. The summed E-state index contributed by atoms with van der Waals surface area (Å²) in [5, 5.41) is 0. The van der Waals surface area contributed by atoms with Crippen molar-refractivity contribution in [3.8, 4) is 0 Å². The van der Waals surface area contributed by atoms with E-state index < -0.39 is 26.5 Å². The Bertz CT molecular complexity index is 1160. The molecule has 10 heteroatoms. The van der Waals surface area contributed by atoms with Gasteiger partial charge in [0.25, 0.3) is 0 Å². The van der Waals surface area contributed by atoms with Crippen LogP contribution in [-0.4, -0.2) is 74.9 Å². The molecule has 2 atom stereocenters. The number of rotatable bonds is 40. The van der Waals surface area contributed by atoms with Crippen LogP contribution in [0.1, 0.15) is 174 Å². The van der Waals surface area contributed by atoms with Gasteiger partial charge in [0, 0.05) is 12.8 Å². The maximum atomic E-state index is 12.7. The normalized spacial score (nSPS) is 14.1. The van der Waals surface area contributed by atoms with E-state index in [9.17, 15) is 19.0 Å². The lowest BCUT2D eigenvalue weighted by molar-refractivity contribution is -0.870. The van der Waals surface area contributed by atoms with E-state index in [1.165, 1.54) is 70.6 Å². The molecule has 0 heterocycles. The van der Waals surface area contributed by atoms with E-state index in [1.807, 2.05) is 21.1 Å². The summed E-state index contributed by atoms with van der Waals surface area (Å²) >= 11 is 0. The number of ether oxygens (including phenoxy) is 2. The highest BCUT2D eigenvalue weighted by atomic mass is 31.2. The second-order valence-corrected chi connectivity index (χ2v) is 17.5. The topological polar surface area (TPSA) is 108 Å². The molecule has 0 rings (SSSR count). The van der Waals surface area contributed by atoms with Gasteiger partial charge in [-0.25, -0.2) is 4.57 Å². The Morgan fingerprint density at radius 1 is 0.561 bits per heavy atom. The minimum Gasteiger partial charge on any atom is -0.462 e. The van der Waals surface area contributed by atoms with Gasteiger partial charge in [0.05, 0.1) is 27.7 Å². The number of phosphoric ester groups is 1. The summed E-state index contributed by atoms with van der Waals surface area (Å²) in [7, 11) is 1.45. The SMILES string of the molecule is CC/C=C/C/C=C/C/C=C/C/C=C/C/C=C/CCCCCC(=O)O[C@H](COC(=O)CCCCCCCCCCCCCCCC)COP(=O)(O)OCC[N+](C)(C)C. The number of likely N-dealkylation sites (N-methyl/N-ethyl adjacent to an activating group) is 1. The Hall–Kier alpha value is -2.29. The lowest BCUT2D eigenvalue weighted by Gasteiger charge is -2.24. The number of carbonyl (C=O) groups is 2. The number of unbranched alkanes of at least 4 members (excludes halogenated alkanes) is 16. The maximum Gasteiger partial charge on any atom is 0.472 e. The average Bonchev–Trinajstić information content (AvgIpc) is 3.16. The van der Waals surface area contributed by atoms with Crippen LogP contribution in [0, 0.1) is 0 Å². The van der Waals surface area contributed by atoms with Crippen molar-refractivity contribution in [1.82, 2.24) is 0 Å². The molecule has 0 aromatic carbocycles. The van der Waals surface area contributed by atoms with Gasteiger partial charge >= 0.3 is 19.8 Å². The van der Waals surface area contributed by atoms with Crippen LogP contribution in [0.5, 0.6) is 0 Å². The standard InChI is InChI=1S/C47H84NO8P/c1-6-8-10-12-14-16-18-20-22-23-24-25-26-28-30-32-34-36-38-40-47(50)56-45(44-55-57(51,52)54-42-41-48(3,4)5)43-53-46(49)39-37-35-33-31-29-27-21-19-17-15-13-11-9-7-2/h8,10,14,16,20,22,24-25,28,30,45H,6-7,9,11-13,15,17-19,21,23,26-27,29,31-44H2,1-5H3/p+1/b10-8+,16-14+,22-20+,25-24+,30-28+/t45-/m1/s1. The van der Waals surface area contributed by atoms with Crippen LogP contribution < -0.4 is 0 Å². The molecule has 0 radical (unpaired) electrons. The molecule has 0 spiro atoms. The Morgan fingerprint density at radius 2 is 1.00 bits per heavy atom. The Balaban J connectivity index is 4.42. The highest BCUT2D eigenvalue weighted by molar-refractivity contribution is 7.47. The molecule has 0 aromatic rings. The van der Waals surface area contributed by atoms with E-state index in [0.29, 0.717) is 17.4 Å². The lowest BCUT2D eigenvalue weighted by Crippen LogP contribution is -2.37. The second-order valence-electron chi connectivity index (χ2n) is 16.1. The minimum atomic E-state index is -4.39. The fourth-order valence-corrected chi connectivity index (χ4v) is 6.55. The van der Waals surface area contributed by atoms with Crippen molar-refractivity contribution in [3.05, 3.63) is 60.8 Å². The molecule has 9 nitrogen and oxygen atoms in total. The van der Waals surface area contributed by atoms with Crippen LogP contribution in [-0.2, 0) is 32.7 Å². The molecule has 0 fully saturated rings. The molecule has 0 amide bonds. The van der Waals surface area contributed by atoms with Gasteiger partial charge in [-0.1, -0.05) is 164 Å². The summed E-state index contributed by atoms with van der Waals surface area (Å²) in [5.74, 6) is -0.836. The molecule has 0 aliphatic carbocycles. The molecule has 0 saturated carbocycles. The smallest absolute Gasteiger partial charge is 0.462 e. The van der Waals surface area contributed by atoms with Gasteiger partial charge in [0.15, 0.2) is 6.10 Å². The zero-order chi connectivity index (χ0) is 42.1. The molecule has 0 aliphatic rings. The first-order valence-corrected chi connectivity index (χ1v) is 24.0. The summed E-state index contributed by atoms with van der Waals surface area (Å²) in [6, 6.07) is 0. The van der Waals surface area contributed by atoms with Crippen molar-refractivity contribution in [2.75, 3.05) is 47.5 Å². The number of allylic oxidation sites excluding steroid dienone is 10. The fraction of sp³-hybridized carbons (Fsp3) is 0.745. The van der Waals surface area contributed by atoms with E-state index in [-0.39, 0.29) is 32.0 Å². The van der Waals surface area contributed by atoms with E-state index in [2.05, 4.69) is 74.6 Å². The summed E-state index contributed by atoms with van der Waals surface area (Å²) in [6.45, 7) is 4.27. The van der Waals surface area contributed by atoms with E-state index >= 15 is 0 Å². The van der Waals surface area contributed by atoms with Gasteiger partial charge in [0.2, 0.25) is 0 Å². The molecular formula is C47H85NO8P+. The minimum absolute atomic E-state index is 0.0233. The zero-order valence-electron chi connectivity index (χ0n) is 37.1. The summed E-state index contributed by atoms with van der Waals surface area (Å²) in [4.78, 5) is 35.4. The quantitative estimate of drug-likeness (QED) is 0.0214. The number of carbonyl (C=O) groups excluding carboxylic acids is 2. The predicted octanol–water partition coefficient (Wildman–Crippen LogP) is 12.9. The number of nitrogens with zero attached hydrogens (tertiary/aromatic N) is 1. The highest BCUT2D eigenvalue weighted by Crippen LogP contribution is 2.43. The number of quaternary nitrogens is 1. The molecule has 330 valence electrons. The Morgan fingerprint density at radius 3 is 1.49 bits per heavy atom. The van der Waals surface area contributed by atoms with Crippen LogP contribution in [0.25, 0.3) is 0 Å². The van der Waals surface area contributed by atoms with Gasteiger partial charge in [-0.05, 0) is 57.8 Å². The van der Waals surface area contributed by atoms with Gasteiger partial charge in [0.1, 0.15) is 19.8 Å². The first-order chi connectivity index (χ1) is 27.5. The van der Waals surface area contributed by atoms with Crippen LogP contribution in [0.15, 0.2) is 60.8 Å². The zero-order valence-corrected chi connectivity index (χ0v) is 38.0. The maximum absolute atomic E-state index is 12.7. The molecule has 0 bridgehead atoms. The first kappa shape index (κ1) is 54.7. The highest BCUT2D eigenvalue weighted by Gasteiger charge is 2.27. The Labute approximate surface area is 349 Å². The van der Waals surface area contributed by atoms with Gasteiger partial charge in [-0.3, -0.25) is 18.6 Å². The second kappa shape index (κ2) is 39.2. The number of esters is 2. The van der Waals surface area contributed by atoms with Gasteiger partial charge in [-0.2, -0.15) is 0 Å². The van der Waals surface area contributed by atoms with Crippen LogP contribution in [0.3, 0.4) is 0 Å². The van der Waals surface area contributed by atoms with Crippen molar-refractivity contribution in [1.29, 1.82) is 0 Å². The lowest BCUT2D eigenvalue weighted by atomic mass is 10.0. The summed E-state index contributed by atoms with van der Waals surface area (Å²) < 4.78 is 34.3. The van der Waals surface area contributed by atoms with E-state index in [0.717, 1.165) is 70.6 Å². The largest absolute Gasteiger partial charge is 0.472 e. The van der Waals surface area contributed by atoms with E-state index in [1.54, 1.807) is 0 Å². The molecule has 0 aromatic heterocycles. The van der Waals surface area contributed by atoms with Crippen molar-refractivity contribution in [2.45, 2.75) is 180 Å². The monoisotopic (exact) mass is 823 g/mol. The Kier molecular flexibility index (Phi) is 37.6. The average molecular weight is 823 g/mol. The van der Waals surface area contributed by atoms with Crippen molar-refractivity contribution < 1.29 is 42.1 Å². The molecule has 1 N–H and O–H groups in total. The fourth-order valence-electron chi connectivity index (χ4n) is 5.80. The van der Waals surface area contributed by atoms with E-state index in [4.69, 9.17) is 18.5 Å². The third-order valence-corrected chi connectivity index (χ3v) is 10.3. The van der Waals surface area contributed by atoms with Gasteiger partial charge < -0.3 is 18.9 Å².